The van der Waals surface area contributed by atoms with Crippen molar-refractivity contribution in [1.82, 2.24) is 4.90 Å². The molecule has 0 aliphatic carbocycles. The molecule has 12 heteroatoms. The van der Waals surface area contributed by atoms with Crippen LogP contribution in [0, 0.1) is 10.1 Å². The van der Waals surface area contributed by atoms with Crippen molar-refractivity contribution < 1.29 is 27.7 Å². The molecule has 0 bridgehead atoms. The number of fused-ring (bicyclic) bond motifs is 1. The zero-order valence-corrected chi connectivity index (χ0v) is 16.8. The lowest BCUT2D eigenvalue weighted by molar-refractivity contribution is -0.384. The molecule has 2 aliphatic rings. The summed E-state index contributed by atoms with van der Waals surface area (Å²) in [6, 6.07) is 4.23. The second-order valence-electron chi connectivity index (χ2n) is 6.09. The molecule has 2 aliphatic heterocycles. The average molecular weight is 433 g/mol. The van der Waals surface area contributed by atoms with Gasteiger partial charge in [0, 0.05) is 18.4 Å². The van der Waals surface area contributed by atoms with E-state index >= 15 is 0 Å². The van der Waals surface area contributed by atoms with Gasteiger partial charge in [-0.05, 0) is 24.0 Å². The number of rotatable bonds is 6. The van der Waals surface area contributed by atoms with Crippen LogP contribution in [0.3, 0.4) is 0 Å². The van der Waals surface area contributed by atoms with Crippen LogP contribution in [0.5, 0.6) is 0 Å². The van der Waals surface area contributed by atoms with Crippen molar-refractivity contribution in [2.24, 2.45) is 0 Å². The van der Waals surface area contributed by atoms with E-state index in [0.29, 0.717) is 5.56 Å². The van der Waals surface area contributed by atoms with E-state index in [1.807, 2.05) is 0 Å². The highest BCUT2D eigenvalue weighted by Crippen LogP contribution is 2.58. The van der Waals surface area contributed by atoms with Crippen LogP contribution >= 0.6 is 23.5 Å². The molecule has 1 unspecified atom stereocenters. The first-order valence-electron chi connectivity index (χ1n) is 7.74. The molecule has 0 saturated carbocycles. The number of nitro benzene ring substituents is 1. The number of sulfone groups is 1. The van der Waals surface area contributed by atoms with Crippen LogP contribution < -0.4 is 0 Å². The quantitative estimate of drug-likeness (QED) is 0.284. The highest BCUT2D eigenvalue weighted by atomic mass is 32.3. The van der Waals surface area contributed by atoms with E-state index in [4.69, 9.17) is 4.74 Å². The molecule has 27 heavy (non-hydrogen) atoms. The number of benzene rings is 1. The standard InChI is InChI=1S/C15H16N2O7S3/c1-25-15(27(2,22)23)13(16-11(18)7-12(16)26-15)14(19)24-8-9-3-5-10(6-4-9)17(20)21/h3-6,12-13H,7-8H2,1-2H3/t12-,13+,15?/m1/s1. The number of nitrogens with zero attached hydrogens (tertiary/aromatic N) is 2. The van der Waals surface area contributed by atoms with Crippen molar-refractivity contribution in [1.29, 1.82) is 0 Å². The van der Waals surface area contributed by atoms with Gasteiger partial charge in [0.1, 0.15) is 6.61 Å². The highest BCUT2D eigenvalue weighted by Gasteiger charge is 2.67. The Morgan fingerprint density at radius 1 is 1.44 bits per heavy atom. The minimum atomic E-state index is -3.70. The minimum Gasteiger partial charge on any atom is -0.459 e. The van der Waals surface area contributed by atoms with Crippen molar-refractivity contribution in [3.05, 3.63) is 39.9 Å². The molecule has 146 valence electrons. The summed E-state index contributed by atoms with van der Waals surface area (Å²) in [5.74, 6) is -1.10. The monoisotopic (exact) mass is 432 g/mol. The van der Waals surface area contributed by atoms with Crippen LogP contribution in [-0.2, 0) is 30.8 Å². The van der Waals surface area contributed by atoms with Crippen LogP contribution in [0.4, 0.5) is 5.69 Å². The van der Waals surface area contributed by atoms with Gasteiger partial charge in [-0.3, -0.25) is 14.9 Å². The van der Waals surface area contributed by atoms with Gasteiger partial charge in [-0.25, -0.2) is 13.2 Å². The number of hydrogen-bond donors (Lipinski definition) is 0. The Balaban J connectivity index is 1.80. The maximum Gasteiger partial charge on any atom is 0.332 e. The second kappa shape index (κ2) is 6.99. The van der Waals surface area contributed by atoms with Crippen molar-refractivity contribution in [3.63, 3.8) is 0 Å². The molecule has 0 spiro atoms. The molecule has 2 saturated heterocycles. The Hall–Kier alpha value is -1.79. The third-order valence-electron chi connectivity index (χ3n) is 4.41. The van der Waals surface area contributed by atoms with E-state index in [-0.39, 0.29) is 30.0 Å². The summed E-state index contributed by atoms with van der Waals surface area (Å²) < 4.78 is 28.7. The third-order valence-corrected chi connectivity index (χ3v) is 11.1. The number of carbonyl (C=O) groups excluding carboxylic acids is 2. The molecule has 0 aromatic heterocycles. The number of β-lactam (4-membered cyclic amide) rings is 1. The van der Waals surface area contributed by atoms with E-state index in [0.717, 1.165) is 29.8 Å². The molecule has 0 radical (unpaired) electrons. The molecule has 9 nitrogen and oxygen atoms in total. The second-order valence-corrected chi connectivity index (χ2v) is 11.5. The smallest absolute Gasteiger partial charge is 0.332 e. The number of esters is 1. The Bertz CT molecular complexity index is 902. The number of non-ortho nitro benzene ring substituents is 1. The summed E-state index contributed by atoms with van der Waals surface area (Å²) in [5.41, 5.74) is 0.421. The number of carbonyl (C=O) groups is 2. The van der Waals surface area contributed by atoms with Gasteiger partial charge in [-0.15, -0.1) is 11.8 Å². The Labute approximate surface area is 163 Å². The zero-order chi connectivity index (χ0) is 20.0. The van der Waals surface area contributed by atoms with Crippen LogP contribution in [0.2, 0.25) is 0 Å². The minimum absolute atomic E-state index is 0.0928. The topological polar surface area (TPSA) is 124 Å². The molecular weight excluding hydrogens is 416 g/mol. The Morgan fingerprint density at radius 3 is 2.56 bits per heavy atom. The van der Waals surface area contributed by atoms with Crippen molar-refractivity contribution >= 4 is 50.9 Å². The zero-order valence-electron chi connectivity index (χ0n) is 14.4. The molecule has 3 rings (SSSR count). The van der Waals surface area contributed by atoms with Crippen LogP contribution in [0.1, 0.15) is 12.0 Å². The van der Waals surface area contributed by atoms with Crippen LogP contribution in [0.15, 0.2) is 24.3 Å². The van der Waals surface area contributed by atoms with E-state index in [2.05, 4.69) is 0 Å². The Kier molecular flexibility index (Phi) is 5.16. The van der Waals surface area contributed by atoms with Crippen molar-refractivity contribution in [2.75, 3.05) is 12.5 Å². The molecule has 1 amide bonds. The largest absolute Gasteiger partial charge is 0.459 e. The molecule has 1 aromatic rings. The van der Waals surface area contributed by atoms with Gasteiger partial charge in [0.05, 0.1) is 16.7 Å². The maximum absolute atomic E-state index is 12.7. The van der Waals surface area contributed by atoms with Crippen molar-refractivity contribution in [2.45, 2.75) is 27.9 Å². The van der Waals surface area contributed by atoms with E-state index < -0.39 is 30.2 Å². The third kappa shape index (κ3) is 3.29. The summed E-state index contributed by atoms with van der Waals surface area (Å²) in [6.45, 7) is -0.182. The summed E-state index contributed by atoms with van der Waals surface area (Å²) in [7, 11) is -3.70. The Morgan fingerprint density at radius 2 is 2.07 bits per heavy atom. The van der Waals surface area contributed by atoms with E-state index in [1.165, 1.54) is 29.2 Å². The highest BCUT2D eigenvalue weighted by molar-refractivity contribution is 8.31. The lowest BCUT2D eigenvalue weighted by atomic mass is 10.1. The number of thioether (sulfide) groups is 2. The predicted molar refractivity (Wildman–Crippen MR) is 101 cm³/mol. The van der Waals surface area contributed by atoms with Gasteiger partial charge >= 0.3 is 5.97 Å². The fourth-order valence-corrected chi connectivity index (χ4v) is 8.35. The summed E-state index contributed by atoms with van der Waals surface area (Å²) >= 11 is 2.09. The predicted octanol–water partition coefficient (Wildman–Crippen LogP) is 1.37. The van der Waals surface area contributed by atoms with E-state index in [1.54, 1.807) is 6.26 Å². The summed E-state index contributed by atoms with van der Waals surface area (Å²) in [5, 5.41) is 10.3. The van der Waals surface area contributed by atoms with Crippen molar-refractivity contribution in [3.8, 4) is 0 Å². The molecule has 2 heterocycles. The number of nitro groups is 1. The number of hydrogen-bond acceptors (Lipinski definition) is 9. The van der Waals surface area contributed by atoms with Gasteiger partial charge in [-0.2, -0.15) is 0 Å². The molecule has 0 N–H and O–H groups in total. The van der Waals surface area contributed by atoms with Gasteiger partial charge < -0.3 is 9.64 Å². The lowest BCUT2D eigenvalue weighted by Crippen LogP contribution is -2.59. The molecule has 1 aromatic carbocycles. The number of amides is 1. The molecule has 3 atom stereocenters. The first-order chi connectivity index (χ1) is 12.6. The fourth-order valence-electron chi connectivity index (χ4n) is 3.04. The van der Waals surface area contributed by atoms with Crippen LogP contribution in [-0.4, -0.2) is 57.5 Å². The SMILES string of the molecule is CSC1(S(C)(=O)=O)S[C@@H]2CC(=O)N2[C@H]1C(=O)OCc1ccc([N+](=O)[O-])cc1. The van der Waals surface area contributed by atoms with Crippen LogP contribution in [0.25, 0.3) is 0 Å². The molecule has 2 fully saturated rings. The van der Waals surface area contributed by atoms with Gasteiger partial charge in [-0.1, -0.05) is 11.8 Å². The lowest BCUT2D eigenvalue weighted by Gasteiger charge is -2.37. The van der Waals surface area contributed by atoms with Gasteiger partial charge in [0.25, 0.3) is 5.69 Å². The molecular formula is C15H16N2O7S3. The fraction of sp³-hybridized carbons (Fsp3) is 0.467. The first kappa shape index (κ1) is 20.0. The van der Waals surface area contributed by atoms with Gasteiger partial charge in [0.15, 0.2) is 19.3 Å². The first-order valence-corrected chi connectivity index (χ1v) is 11.7. The average Bonchev–Trinajstić information content (AvgIpc) is 2.89. The number of ether oxygens (including phenoxy) is 1. The summed E-state index contributed by atoms with van der Waals surface area (Å²) in [4.78, 5) is 36.1. The summed E-state index contributed by atoms with van der Waals surface area (Å²) in [6.07, 6.45) is 2.82. The maximum atomic E-state index is 12.7. The van der Waals surface area contributed by atoms with E-state index in [9.17, 15) is 28.1 Å². The van der Waals surface area contributed by atoms with Gasteiger partial charge in [0.2, 0.25) is 5.91 Å². The normalized spacial score (nSPS) is 27.0.